The Kier molecular flexibility index (Phi) is 10.4. The summed E-state index contributed by atoms with van der Waals surface area (Å²) in [6.07, 6.45) is 3.30. The highest BCUT2D eigenvalue weighted by atomic mass is 19.1. The molecule has 0 unspecified atom stereocenters. The van der Waals surface area contributed by atoms with Crippen molar-refractivity contribution in [2.24, 2.45) is 11.8 Å². The number of likely N-dealkylation sites (tertiary alicyclic amines) is 1. The van der Waals surface area contributed by atoms with Crippen molar-refractivity contribution in [2.75, 3.05) is 72.2 Å². The summed E-state index contributed by atoms with van der Waals surface area (Å²) < 4.78 is 24.5. The van der Waals surface area contributed by atoms with Crippen LogP contribution in [0.5, 0.6) is 0 Å². The summed E-state index contributed by atoms with van der Waals surface area (Å²) >= 11 is 0. The lowest BCUT2D eigenvalue weighted by molar-refractivity contribution is -0.156. The number of hydrogen-bond donors (Lipinski definition) is 2. The molecule has 0 radical (unpaired) electrons. The first-order valence-electron chi connectivity index (χ1n) is 15.2. The Morgan fingerprint density at radius 3 is 2.55 bits per heavy atom. The van der Waals surface area contributed by atoms with E-state index in [-0.39, 0.29) is 56.4 Å². The fourth-order valence-corrected chi connectivity index (χ4v) is 6.57. The van der Waals surface area contributed by atoms with Gasteiger partial charge in [0.05, 0.1) is 19.7 Å². The number of nitrogens with one attached hydrogen (secondary N) is 2. The first-order valence-corrected chi connectivity index (χ1v) is 15.2. The van der Waals surface area contributed by atoms with Crippen molar-refractivity contribution in [2.45, 2.75) is 44.2 Å². The van der Waals surface area contributed by atoms with Gasteiger partial charge in [-0.3, -0.25) is 24.1 Å². The van der Waals surface area contributed by atoms with E-state index >= 15 is 0 Å². The molecule has 0 aliphatic carbocycles. The lowest BCUT2D eigenvalue weighted by Crippen LogP contribution is -2.56. The van der Waals surface area contributed by atoms with Gasteiger partial charge in [-0.2, -0.15) is 0 Å². The molecule has 230 valence electrons. The van der Waals surface area contributed by atoms with Crippen molar-refractivity contribution < 1.29 is 33.0 Å². The molecule has 4 amide bonds. The van der Waals surface area contributed by atoms with E-state index in [0.29, 0.717) is 31.1 Å². The summed E-state index contributed by atoms with van der Waals surface area (Å²) in [5.74, 6) is -0.955. The van der Waals surface area contributed by atoms with Crippen LogP contribution in [0.1, 0.15) is 42.5 Å². The van der Waals surface area contributed by atoms with E-state index in [2.05, 4.69) is 15.5 Å². The molecule has 2 bridgehead atoms. The van der Waals surface area contributed by atoms with Crippen LogP contribution in [-0.4, -0.2) is 123 Å². The van der Waals surface area contributed by atoms with E-state index in [9.17, 15) is 23.6 Å². The van der Waals surface area contributed by atoms with Crippen LogP contribution in [-0.2, 0) is 23.9 Å². The summed E-state index contributed by atoms with van der Waals surface area (Å²) in [5.41, 5.74) is 0.294. The predicted molar refractivity (Wildman–Crippen MR) is 151 cm³/mol. The maximum atomic E-state index is 13.5. The van der Waals surface area contributed by atoms with Crippen LogP contribution in [0.15, 0.2) is 24.3 Å². The minimum absolute atomic E-state index is 0.0461. The SMILES string of the molecule is O=C1CN(CCNC(=O)c2ccc(F)cc2)C(=O)[C@@H]2CN(CCO2)C(=O)C[C@@H]2CCN(C3CCOCC3)C[C@@H]2CCN1. The third-order valence-corrected chi connectivity index (χ3v) is 9.02. The minimum atomic E-state index is -0.877. The van der Waals surface area contributed by atoms with Crippen molar-refractivity contribution in [1.29, 1.82) is 0 Å². The van der Waals surface area contributed by atoms with E-state index in [1.54, 1.807) is 4.90 Å². The molecule has 4 heterocycles. The van der Waals surface area contributed by atoms with Crippen molar-refractivity contribution in [3.63, 3.8) is 0 Å². The van der Waals surface area contributed by atoms with Crippen molar-refractivity contribution in [3.05, 3.63) is 35.6 Å². The van der Waals surface area contributed by atoms with Gasteiger partial charge in [0.25, 0.3) is 11.8 Å². The summed E-state index contributed by atoms with van der Waals surface area (Å²) in [7, 11) is 0. The second kappa shape index (κ2) is 14.4. The van der Waals surface area contributed by atoms with E-state index in [0.717, 1.165) is 52.0 Å². The Balaban J connectivity index is 1.24. The van der Waals surface area contributed by atoms with Gasteiger partial charge in [-0.15, -0.1) is 0 Å². The number of morpholine rings is 1. The lowest BCUT2D eigenvalue weighted by atomic mass is 9.80. The van der Waals surface area contributed by atoms with Crippen LogP contribution < -0.4 is 10.6 Å². The lowest BCUT2D eigenvalue weighted by Gasteiger charge is -2.44. The number of carbonyl (C=O) groups is 4. The number of fused-ring (bicyclic) bond motifs is 3. The van der Waals surface area contributed by atoms with Crippen LogP contribution in [0.4, 0.5) is 4.39 Å². The van der Waals surface area contributed by atoms with Crippen LogP contribution in [0.3, 0.4) is 0 Å². The van der Waals surface area contributed by atoms with Gasteiger partial charge in [0, 0.05) is 64.0 Å². The van der Waals surface area contributed by atoms with E-state index in [1.807, 2.05) is 0 Å². The van der Waals surface area contributed by atoms with Gasteiger partial charge in [0.1, 0.15) is 5.82 Å². The topological polar surface area (TPSA) is 121 Å². The van der Waals surface area contributed by atoms with Crippen LogP contribution in [0, 0.1) is 17.7 Å². The Bertz CT molecular complexity index is 1110. The molecule has 0 aromatic heterocycles. The quantitative estimate of drug-likeness (QED) is 0.519. The number of halogens is 1. The molecule has 11 nitrogen and oxygen atoms in total. The summed E-state index contributed by atoms with van der Waals surface area (Å²) in [5, 5.41) is 5.71. The van der Waals surface area contributed by atoms with Crippen LogP contribution in [0.25, 0.3) is 0 Å². The van der Waals surface area contributed by atoms with Gasteiger partial charge >= 0.3 is 0 Å². The number of rotatable bonds is 5. The first-order chi connectivity index (χ1) is 20.4. The normalized spacial score (nSPS) is 27.2. The maximum Gasteiger partial charge on any atom is 0.254 e. The Morgan fingerprint density at radius 2 is 1.76 bits per heavy atom. The zero-order valence-electron chi connectivity index (χ0n) is 24.1. The predicted octanol–water partition coefficient (Wildman–Crippen LogP) is 0.639. The average molecular weight is 588 g/mol. The largest absolute Gasteiger partial charge is 0.381 e. The molecule has 1 aromatic carbocycles. The Morgan fingerprint density at radius 1 is 0.976 bits per heavy atom. The van der Waals surface area contributed by atoms with Gasteiger partial charge in [0.2, 0.25) is 11.8 Å². The molecule has 4 aliphatic rings. The minimum Gasteiger partial charge on any atom is -0.381 e. The molecule has 4 aliphatic heterocycles. The van der Waals surface area contributed by atoms with E-state index in [1.165, 1.54) is 29.2 Å². The fraction of sp³-hybridized carbons (Fsp3) is 0.667. The van der Waals surface area contributed by atoms with Gasteiger partial charge in [-0.05, 0) is 68.3 Å². The standard InChI is InChI=1S/C30H42FN5O6/c31-24-3-1-21(2-4-24)29(39)33-10-12-36-20-27(37)32-9-5-23-18-34(25-7-14-41-15-8-25)11-6-22(23)17-28(38)35-13-16-42-26(19-35)30(36)40/h1-4,22-23,25-26H,5-20H2,(H,32,37)(H,33,39)/t22-,23-,26-/m0/s1. The molecule has 3 atom stereocenters. The van der Waals surface area contributed by atoms with Gasteiger partial charge in [-0.1, -0.05) is 0 Å². The monoisotopic (exact) mass is 587 g/mol. The van der Waals surface area contributed by atoms with E-state index < -0.39 is 23.7 Å². The summed E-state index contributed by atoms with van der Waals surface area (Å²) in [4.78, 5) is 58.1. The zero-order chi connectivity index (χ0) is 29.5. The number of benzene rings is 1. The molecule has 42 heavy (non-hydrogen) atoms. The highest BCUT2D eigenvalue weighted by Gasteiger charge is 2.37. The number of nitrogens with zero attached hydrogens (tertiary/aromatic N) is 3. The highest BCUT2D eigenvalue weighted by Crippen LogP contribution is 2.32. The number of amides is 4. The average Bonchev–Trinajstić information content (AvgIpc) is 3.01. The number of ether oxygens (including phenoxy) is 2. The van der Waals surface area contributed by atoms with Crippen molar-refractivity contribution in [1.82, 2.24) is 25.3 Å². The Hall–Kier alpha value is -3.09. The van der Waals surface area contributed by atoms with Gasteiger partial charge < -0.3 is 29.9 Å². The van der Waals surface area contributed by atoms with Crippen molar-refractivity contribution in [3.8, 4) is 0 Å². The summed E-state index contributed by atoms with van der Waals surface area (Å²) in [6.45, 7) is 4.71. The molecule has 1 aromatic rings. The number of piperidine rings is 1. The van der Waals surface area contributed by atoms with Crippen LogP contribution in [0.2, 0.25) is 0 Å². The molecule has 4 fully saturated rings. The highest BCUT2D eigenvalue weighted by molar-refractivity contribution is 5.94. The second-order valence-corrected chi connectivity index (χ2v) is 11.7. The second-order valence-electron chi connectivity index (χ2n) is 11.7. The third-order valence-electron chi connectivity index (χ3n) is 9.02. The molecule has 2 N–H and O–H groups in total. The number of carbonyl (C=O) groups excluding carboxylic acids is 4. The van der Waals surface area contributed by atoms with Crippen LogP contribution >= 0.6 is 0 Å². The molecule has 5 rings (SSSR count). The van der Waals surface area contributed by atoms with Gasteiger partial charge in [-0.25, -0.2) is 4.39 Å². The molecule has 0 saturated carbocycles. The molecular formula is C30H42FN5O6. The fourth-order valence-electron chi connectivity index (χ4n) is 6.57. The molecule has 0 spiro atoms. The maximum absolute atomic E-state index is 13.5. The molecular weight excluding hydrogens is 545 g/mol. The number of hydrogen-bond acceptors (Lipinski definition) is 7. The Labute approximate surface area is 246 Å². The third kappa shape index (κ3) is 7.84. The van der Waals surface area contributed by atoms with E-state index in [4.69, 9.17) is 9.47 Å². The molecule has 4 saturated heterocycles. The smallest absolute Gasteiger partial charge is 0.254 e. The van der Waals surface area contributed by atoms with Crippen molar-refractivity contribution >= 4 is 23.6 Å². The first kappa shape index (κ1) is 30.4. The molecule has 12 heteroatoms. The zero-order valence-corrected chi connectivity index (χ0v) is 24.1. The van der Waals surface area contributed by atoms with Gasteiger partial charge in [0.15, 0.2) is 6.10 Å². The summed E-state index contributed by atoms with van der Waals surface area (Å²) in [6, 6.07) is 5.67.